The highest BCUT2D eigenvalue weighted by molar-refractivity contribution is 6.21. The van der Waals surface area contributed by atoms with E-state index >= 15 is 0 Å². The SMILES string of the molecule is Cc1nnc(NC2CC(Cl)C2(C)C)nc1C. The maximum atomic E-state index is 6.16. The van der Waals surface area contributed by atoms with E-state index in [9.17, 15) is 0 Å². The molecule has 1 saturated carbocycles. The quantitative estimate of drug-likeness (QED) is 0.806. The Labute approximate surface area is 101 Å². The molecule has 2 rings (SSSR count). The number of aromatic nitrogens is 3. The third-order valence-corrected chi connectivity index (χ3v) is 4.28. The van der Waals surface area contributed by atoms with Gasteiger partial charge in [0.25, 0.3) is 0 Å². The van der Waals surface area contributed by atoms with E-state index in [0.29, 0.717) is 12.0 Å². The van der Waals surface area contributed by atoms with Crippen molar-refractivity contribution in [2.45, 2.75) is 45.5 Å². The van der Waals surface area contributed by atoms with Crippen LogP contribution in [0.25, 0.3) is 0 Å². The molecule has 1 aliphatic carbocycles. The van der Waals surface area contributed by atoms with Gasteiger partial charge in [0.1, 0.15) is 0 Å². The number of halogens is 1. The number of hydrogen-bond acceptors (Lipinski definition) is 4. The van der Waals surface area contributed by atoms with Crippen LogP contribution >= 0.6 is 11.6 Å². The zero-order valence-corrected chi connectivity index (χ0v) is 10.8. The zero-order chi connectivity index (χ0) is 11.9. The van der Waals surface area contributed by atoms with Gasteiger partial charge in [0.15, 0.2) is 0 Å². The van der Waals surface area contributed by atoms with Crippen molar-refractivity contribution in [2.75, 3.05) is 5.32 Å². The minimum Gasteiger partial charge on any atom is -0.350 e. The van der Waals surface area contributed by atoms with Gasteiger partial charge in [-0.2, -0.15) is 5.10 Å². The van der Waals surface area contributed by atoms with Crippen molar-refractivity contribution in [2.24, 2.45) is 5.41 Å². The lowest BCUT2D eigenvalue weighted by Crippen LogP contribution is -2.54. The summed E-state index contributed by atoms with van der Waals surface area (Å²) in [5.41, 5.74) is 1.87. The van der Waals surface area contributed by atoms with Crippen LogP contribution in [0.3, 0.4) is 0 Å². The molecule has 2 atom stereocenters. The summed E-state index contributed by atoms with van der Waals surface area (Å²) in [4.78, 5) is 4.36. The van der Waals surface area contributed by atoms with Crippen molar-refractivity contribution in [3.8, 4) is 0 Å². The second-order valence-corrected chi connectivity index (χ2v) is 5.55. The fourth-order valence-corrected chi connectivity index (χ4v) is 2.12. The highest BCUT2D eigenvalue weighted by Gasteiger charge is 2.47. The van der Waals surface area contributed by atoms with E-state index in [2.05, 4.69) is 34.3 Å². The molecule has 1 N–H and O–H groups in total. The topological polar surface area (TPSA) is 50.7 Å². The first-order valence-corrected chi connectivity index (χ1v) is 5.93. The number of hydrogen-bond donors (Lipinski definition) is 1. The monoisotopic (exact) mass is 240 g/mol. The van der Waals surface area contributed by atoms with Gasteiger partial charge >= 0.3 is 0 Å². The maximum Gasteiger partial charge on any atom is 0.243 e. The molecule has 1 heterocycles. The van der Waals surface area contributed by atoms with Gasteiger partial charge in [-0.25, -0.2) is 4.98 Å². The van der Waals surface area contributed by atoms with Crippen LogP contribution in [0.1, 0.15) is 31.7 Å². The van der Waals surface area contributed by atoms with E-state index in [-0.39, 0.29) is 10.8 Å². The highest BCUT2D eigenvalue weighted by atomic mass is 35.5. The van der Waals surface area contributed by atoms with Crippen LogP contribution in [-0.4, -0.2) is 26.6 Å². The van der Waals surface area contributed by atoms with Crippen LogP contribution in [0, 0.1) is 19.3 Å². The zero-order valence-electron chi connectivity index (χ0n) is 10.1. The van der Waals surface area contributed by atoms with Crippen LogP contribution in [0.4, 0.5) is 5.95 Å². The fourth-order valence-electron chi connectivity index (χ4n) is 1.79. The largest absolute Gasteiger partial charge is 0.350 e. The first-order valence-electron chi connectivity index (χ1n) is 5.50. The lowest BCUT2D eigenvalue weighted by atomic mass is 9.67. The van der Waals surface area contributed by atoms with Crippen LogP contribution in [-0.2, 0) is 0 Å². The summed E-state index contributed by atoms with van der Waals surface area (Å²) in [7, 11) is 0. The second kappa shape index (κ2) is 3.84. The molecule has 0 bridgehead atoms. The van der Waals surface area contributed by atoms with Crippen LogP contribution < -0.4 is 5.32 Å². The van der Waals surface area contributed by atoms with E-state index in [0.717, 1.165) is 17.8 Å². The van der Waals surface area contributed by atoms with Gasteiger partial charge in [-0.1, -0.05) is 13.8 Å². The van der Waals surface area contributed by atoms with Crippen LogP contribution in [0.2, 0.25) is 0 Å². The molecule has 1 fully saturated rings. The van der Waals surface area contributed by atoms with Gasteiger partial charge in [0.05, 0.1) is 11.4 Å². The summed E-state index contributed by atoms with van der Waals surface area (Å²) in [5.74, 6) is 0.602. The third-order valence-electron chi connectivity index (χ3n) is 3.54. The Morgan fingerprint density at radius 2 is 1.94 bits per heavy atom. The number of nitrogens with one attached hydrogen (secondary N) is 1. The van der Waals surface area contributed by atoms with Gasteiger partial charge < -0.3 is 5.32 Å². The first kappa shape index (κ1) is 11.6. The van der Waals surface area contributed by atoms with Crippen LogP contribution in [0.5, 0.6) is 0 Å². The predicted octanol–water partition coefficient (Wildman–Crippen LogP) is 2.31. The Bertz CT molecular complexity index is 405. The molecule has 0 saturated heterocycles. The Hall–Kier alpha value is -0.900. The van der Waals surface area contributed by atoms with Crippen LogP contribution in [0.15, 0.2) is 0 Å². The highest BCUT2D eigenvalue weighted by Crippen LogP contribution is 2.45. The molecule has 88 valence electrons. The summed E-state index contributed by atoms with van der Waals surface area (Å²) in [5, 5.41) is 11.6. The molecule has 5 heteroatoms. The van der Waals surface area contributed by atoms with Crippen molar-refractivity contribution >= 4 is 17.5 Å². The van der Waals surface area contributed by atoms with Crippen molar-refractivity contribution < 1.29 is 0 Å². The smallest absolute Gasteiger partial charge is 0.243 e. The van der Waals surface area contributed by atoms with E-state index < -0.39 is 0 Å². The number of nitrogens with zero attached hydrogens (tertiary/aromatic N) is 3. The summed E-state index contributed by atoms with van der Waals surface area (Å²) in [6, 6.07) is 0.332. The first-order chi connectivity index (χ1) is 7.41. The molecule has 16 heavy (non-hydrogen) atoms. The molecule has 0 aromatic carbocycles. The Morgan fingerprint density at radius 3 is 2.44 bits per heavy atom. The van der Waals surface area contributed by atoms with E-state index in [1.54, 1.807) is 0 Å². The van der Waals surface area contributed by atoms with Crippen molar-refractivity contribution in [1.29, 1.82) is 0 Å². The molecule has 1 aromatic rings. The minimum absolute atomic E-state index is 0.0870. The van der Waals surface area contributed by atoms with Crippen molar-refractivity contribution in [3.63, 3.8) is 0 Å². The average molecular weight is 241 g/mol. The van der Waals surface area contributed by atoms with E-state index in [4.69, 9.17) is 11.6 Å². The van der Waals surface area contributed by atoms with Gasteiger partial charge in [0.2, 0.25) is 5.95 Å². The molecule has 1 aromatic heterocycles. The number of alkyl halides is 1. The Balaban J connectivity index is 2.08. The molecule has 0 spiro atoms. The maximum absolute atomic E-state index is 6.16. The summed E-state index contributed by atoms with van der Waals surface area (Å²) in [6.07, 6.45) is 0.949. The van der Waals surface area contributed by atoms with Crippen molar-refractivity contribution in [1.82, 2.24) is 15.2 Å². The normalized spacial score (nSPS) is 27.3. The number of rotatable bonds is 2. The molecule has 1 aliphatic rings. The van der Waals surface area contributed by atoms with Gasteiger partial charge in [0, 0.05) is 16.8 Å². The average Bonchev–Trinajstić information content (AvgIpc) is 2.23. The number of aryl methyl sites for hydroxylation is 2. The predicted molar refractivity (Wildman–Crippen MR) is 64.8 cm³/mol. The second-order valence-electron chi connectivity index (χ2n) is 5.03. The van der Waals surface area contributed by atoms with E-state index in [1.165, 1.54) is 0 Å². The molecule has 0 aliphatic heterocycles. The standard InChI is InChI=1S/C11H17ClN4/c1-6-7(2)15-16-10(13-6)14-9-5-8(12)11(9,3)4/h8-9H,5H2,1-4H3,(H,13,14,16). The minimum atomic E-state index is 0.0870. The van der Waals surface area contributed by atoms with Gasteiger partial charge in [-0.05, 0) is 20.3 Å². The lowest BCUT2D eigenvalue weighted by Gasteiger charge is -2.49. The summed E-state index contributed by atoms with van der Waals surface area (Å²) in [6.45, 7) is 8.15. The Kier molecular flexibility index (Phi) is 2.78. The summed E-state index contributed by atoms with van der Waals surface area (Å²) < 4.78 is 0. The lowest BCUT2D eigenvalue weighted by molar-refractivity contribution is 0.167. The fraction of sp³-hybridized carbons (Fsp3) is 0.727. The van der Waals surface area contributed by atoms with Crippen molar-refractivity contribution in [3.05, 3.63) is 11.4 Å². The molecule has 4 nitrogen and oxygen atoms in total. The molecular weight excluding hydrogens is 224 g/mol. The Morgan fingerprint density at radius 1 is 1.25 bits per heavy atom. The van der Waals surface area contributed by atoms with Gasteiger partial charge in [-0.3, -0.25) is 0 Å². The molecular formula is C11H17ClN4. The molecule has 0 amide bonds. The molecule has 0 radical (unpaired) electrons. The summed E-state index contributed by atoms with van der Waals surface area (Å²) >= 11 is 6.16. The third kappa shape index (κ3) is 1.86. The molecule has 2 unspecified atom stereocenters. The van der Waals surface area contributed by atoms with E-state index in [1.807, 2.05) is 13.8 Å². The van der Waals surface area contributed by atoms with Gasteiger partial charge in [-0.15, -0.1) is 16.7 Å². The number of anilines is 1.